The van der Waals surface area contributed by atoms with E-state index in [9.17, 15) is 0 Å². The van der Waals surface area contributed by atoms with E-state index in [0.29, 0.717) is 0 Å². The van der Waals surface area contributed by atoms with Gasteiger partial charge < -0.3 is 8.83 Å². The molecule has 2 aromatic heterocycles. The minimum Gasteiger partial charge on any atom is -0.456 e. The lowest BCUT2D eigenvalue weighted by Gasteiger charge is -2.18. The molecule has 0 fully saturated rings. The van der Waals surface area contributed by atoms with Crippen LogP contribution < -0.4 is 0 Å². The van der Waals surface area contributed by atoms with Crippen LogP contribution >= 0.6 is 0 Å². The molecule has 0 saturated heterocycles. The van der Waals surface area contributed by atoms with E-state index in [1.54, 1.807) is 0 Å². The summed E-state index contributed by atoms with van der Waals surface area (Å²) in [5.41, 5.74) is 10.8. The Hall–Kier alpha value is -6.64. The first-order valence-corrected chi connectivity index (χ1v) is 17.1. The lowest BCUT2D eigenvalue weighted by Crippen LogP contribution is -1.91. The van der Waals surface area contributed by atoms with E-state index in [-0.39, 0.29) is 0 Å². The first kappa shape index (κ1) is 27.3. The molecule has 0 amide bonds. The van der Waals surface area contributed by atoms with E-state index < -0.39 is 0 Å². The minimum atomic E-state index is 0.869. The molecule has 0 saturated carbocycles. The molecule has 0 radical (unpaired) electrons. The van der Waals surface area contributed by atoms with Gasteiger partial charge in [-0.15, -0.1) is 0 Å². The molecule has 0 spiro atoms. The summed E-state index contributed by atoms with van der Waals surface area (Å²) in [5, 5.41) is 11.8. The van der Waals surface area contributed by atoms with Crippen LogP contribution in [0.4, 0.5) is 0 Å². The fourth-order valence-electron chi connectivity index (χ4n) is 8.20. The SMILES string of the molecule is c1ccc(-c2ccc3cc(-c4c5ccccc5c(-c5ccc6c(c5)oc5ccc7oc8ccccc8c7c56)c5ccccc45)ccc3c2)cc1. The van der Waals surface area contributed by atoms with Crippen LogP contribution in [0, 0.1) is 0 Å². The average molecular weight is 637 g/mol. The highest BCUT2D eigenvalue weighted by molar-refractivity contribution is 6.27. The van der Waals surface area contributed by atoms with Crippen molar-refractivity contribution in [2.75, 3.05) is 0 Å². The minimum absolute atomic E-state index is 0.869. The third-order valence-corrected chi connectivity index (χ3v) is 10.4. The molecule has 0 unspecified atom stereocenters. The molecule has 0 aliphatic carbocycles. The van der Waals surface area contributed by atoms with Crippen molar-refractivity contribution >= 4 is 76.2 Å². The number of hydrogen-bond donors (Lipinski definition) is 0. The number of rotatable bonds is 3. The van der Waals surface area contributed by atoms with Crippen molar-refractivity contribution in [1.82, 2.24) is 0 Å². The second-order valence-corrected chi connectivity index (χ2v) is 13.2. The molecule has 0 N–H and O–H groups in total. The maximum atomic E-state index is 6.59. The first-order valence-electron chi connectivity index (χ1n) is 17.1. The predicted octanol–water partition coefficient (Wildman–Crippen LogP) is 13.9. The van der Waals surface area contributed by atoms with Crippen molar-refractivity contribution in [3.05, 3.63) is 170 Å². The van der Waals surface area contributed by atoms with Gasteiger partial charge in [-0.2, -0.15) is 0 Å². The van der Waals surface area contributed by atoms with Gasteiger partial charge in [-0.05, 0) is 108 Å². The Kier molecular flexibility index (Phi) is 5.70. The molecule has 9 aromatic carbocycles. The van der Waals surface area contributed by atoms with Crippen LogP contribution in [-0.2, 0) is 0 Å². The summed E-state index contributed by atoms with van der Waals surface area (Å²) in [6.45, 7) is 0. The Morgan fingerprint density at radius 3 is 1.36 bits per heavy atom. The van der Waals surface area contributed by atoms with Gasteiger partial charge in [-0.1, -0.05) is 127 Å². The van der Waals surface area contributed by atoms with Gasteiger partial charge in [0.15, 0.2) is 0 Å². The standard InChI is InChI=1S/C48H28O2/c1-2-10-29(11-3-1)30-18-19-32-27-33(21-20-31(32)26-30)45-35-12-4-6-14-37(35)46(38-15-7-5-13-36(38)45)34-22-23-40-44(28-34)50-43-25-24-42-47(48(40)43)39-16-8-9-17-41(39)49-42/h1-28H. The van der Waals surface area contributed by atoms with Crippen molar-refractivity contribution in [3.8, 4) is 33.4 Å². The molecular weight excluding hydrogens is 609 g/mol. The van der Waals surface area contributed by atoms with Crippen LogP contribution in [0.5, 0.6) is 0 Å². The summed E-state index contributed by atoms with van der Waals surface area (Å²) >= 11 is 0. The summed E-state index contributed by atoms with van der Waals surface area (Å²) < 4.78 is 12.8. The van der Waals surface area contributed by atoms with E-state index in [4.69, 9.17) is 8.83 Å². The summed E-state index contributed by atoms with van der Waals surface area (Å²) in [4.78, 5) is 0. The molecule has 50 heavy (non-hydrogen) atoms. The summed E-state index contributed by atoms with van der Waals surface area (Å²) in [5.74, 6) is 0. The Balaban J connectivity index is 1.13. The molecule has 2 heteroatoms. The van der Waals surface area contributed by atoms with Crippen LogP contribution in [0.2, 0.25) is 0 Å². The Morgan fingerprint density at radius 1 is 0.260 bits per heavy atom. The zero-order valence-corrected chi connectivity index (χ0v) is 27.0. The van der Waals surface area contributed by atoms with Gasteiger partial charge >= 0.3 is 0 Å². The molecule has 0 atom stereocenters. The van der Waals surface area contributed by atoms with E-state index in [0.717, 1.165) is 49.4 Å². The molecule has 11 aromatic rings. The molecule has 232 valence electrons. The van der Waals surface area contributed by atoms with Crippen LogP contribution in [-0.4, -0.2) is 0 Å². The maximum Gasteiger partial charge on any atom is 0.136 e. The molecule has 2 heterocycles. The Labute approximate surface area is 287 Å². The lowest BCUT2D eigenvalue weighted by atomic mass is 9.85. The third-order valence-electron chi connectivity index (χ3n) is 10.4. The van der Waals surface area contributed by atoms with Gasteiger partial charge in [0.1, 0.15) is 22.3 Å². The molecule has 0 bridgehead atoms. The number of fused-ring (bicyclic) bond motifs is 10. The fourth-order valence-corrected chi connectivity index (χ4v) is 8.20. The van der Waals surface area contributed by atoms with Crippen LogP contribution in [0.15, 0.2) is 179 Å². The van der Waals surface area contributed by atoms with Crippen molar-refractivity contribution < 1.29 is 8.83 Å². The monoisotopic (exact) mass is 636 g/mol. The maximum absolute atomic E-state index is 6.59. The van der Waals surface area contributed by atoms with Gasteiger partial charge in [0.2, 0.25) is 0 Å². The molecule has 0 aliphatic heterocycles. The van der Waals surface area contributed by atoms with Gasteiger partial charge in [-0.3, -0.25) is 0 Å². The zero-order valence-electron chi connectivity index (χ0n) is 27.0. The number of hydrogen-bond acceptors (Lipinski definition) is 2. The molecule has 2 nitrogen and oxygen atoms in total. The topological polar surface area (TPSA) is 26.3 Å². The van der Waals surface area contributed by atoms with Crippen LogP contribution in [0.3, 0.4) is 0 Å². The Morgan fingerprint density at radius 2 is 0.720 bits per heavy atom. The van der Waals surface area contributed by atoms with Crippen molar-refractivity contribution in [2.24, 2.45) is 0 Å². The van der Waals surface area contributed by atoms with Gasteiger partial charge in [0.25, 0.3) is 0 Å². The van der Waals surface area contributed by atoms with E-state index in [1.807, 2.05) is 24.3 Å². The van der Waals surface area contributed by atoms with E-state index in [2.05, 4.69) is 146 Å². The van der Waals surface area contributed by atoms with Gasteiger partial charge in [0.05, 0.1) is 0 Å². The average Bonchev–Trinajstić information content (AvgIpc) is 3.74. The quantitative estimate of drug-likeness (QED) is 0.180. The number of furan rings is 2. The van der Waals surface area contributed by atoms with Crippen molar-refractivity contribution in [2.45, 2.75) is 0 Å². The normalized spacial score (nSPS) is 12.0. The Bertz CT molecular complexity index is 3080. The second kappa shape index (κ2) is 10.4. The van der Waals surface area contributed by atoms with E-state index in [1.165, 1.54) is 60.1 Å². The smallest absolute Gasteiger partial charge is 0.136 e. The van der Waals surface area contributed by atoms with Crippen LogP contribution in [0.1, 0.15) is 0 Å². The highest BCUT2D eigenvalue weighted by Gasteiger charge is 2.20. The number of benzene rings is 9. The lowest BCUT2D eigenvalue weighted by molar-refractivity contribution is 0.663. The molecular formula is C48H28O2. The van der Waals surface area contributed by atoms with Crippen molar-refractivity contribution in [1.29, 1.82) is 0 Å². The van der Waals surface area contributed by atoms with Gasteiger partial charge in [0, 0.05) is 21.5 Å². The highest BCUT2D eigenvalue weighted by atomic mass is 16.3. The first-order chi connectivity index (χ1) is 24.8. The molecule has 0 aliphatic rings. The summed E-state index contributed by atoms with van der Waals surface area (Å²) in [7, 11) is 0. The summed E-state index contributed by atoms with van der Waals surface area (Å²) in [6, 6.07) is 60.9. The predicted molar refractivity (Wildman–Crippen MR) is 210 cm³/mol. The largest absolute Gasteiger partial charge is 0.456 e. The fraction of sp³-hybridized carbons (Fsp3) is 0. The van der Waals surface area contributed by atoms with E-state index >= 15 is 0 Å². The van der Waals surface area contributed by atoms with Gasteiger partial charge in [-0.25, -0.2) is 0 Å². The van der Waals surface area contributed by atoms with Crippen molar-refractivity contribution in [3.63, 3.8) is 0 Å². The molecule has 11 rings (SSSR count). The zero-order chi connectivity index (χ0) is 32.8. The highest BCUT2D eigenvalue weighted by Crippen LogP contribution is 2.46. The second-order valence-electron chi connectivity index (χ2n) is 13.2. The number of para-hydroxylation sites is 1. The summed E-state index contributed by atoms with van der Waals surface area (Å²) in [6.07, 6.45) is 0. The third kappa shape index (κ3) is 3.96. The van der Waals surface area contributed by atoms with Crippen LogP contribution in [0.25, 0.3) is 110 Å².